The van der Waals surface area contributed by atoms with Gasteiger partial charge in [-0.05, 0) is 12.0 Å². The van der Waals surface area contributed by atoms with Crippen molar-refractivity contribution in [2.45, 2.75) is 26.3 Å². The van der Waals surface area contributed by atoms with E-state index in [1.165, 1.54) is 12.0 Å². The van der Waals surface area contributed by atoms with Crippen molar-refractivity contribution < 1.29 is 4.74 Å². The minimum atomic E-state index is 0.461. The standard InChI is InChI=1S/C16H26N2O/c1-4-13(2)16(18-11-9-17-10-12-18)14-7-5-6-8-15(14)19-3/h5-8,13,16-17H,4,9-12H2,1-3H3/t13?,16-/m1/s1. The van der Waals surface area contributed by atoms with Crippen molar-refractivity contribution in [3.63, 3.8) is 0 Å². The van der Waals surface area contributed by atoms with Crippen LogP contribution in [-0.4, -0.2) is 38.2 Å². The van der Waals surface area contributed by atoms with Crippen LogP contribution < -0.4 is 10.1 Å². The summed E-state index contributed by atoms with van der Waals surface area (Å²) in [4.78, 5) is 2.60. The molecule has 19 heavy (non-hydrogen) atoms. The van der Waals surface area contributed by atoms with Crippen LogP contribution in [0.5, 0.6) is 5.75 Å². The second kappa shape index (κ2) is 6.92. The first kappa shape index (κ1) is 14.4. The molecule has 1 fully saturated rings. The second-order valence-corrected chi connectivity index (χ2v) is 5.36. The van der Waals surface area contributed by atoms with Crippen molar-refractivity contribution >= 4 is 0 Å². The number of rotatable bonds is 5. The fourth-order valence-corrected chi connectivity index (χ4v) is 2.96. The van der Waals surface area contributed by atoms with Gasteiger partial charge in [0.05, 0.1) is 7.11 Å². The number of nitrogens with zero attached hydrogens (tertiary/aromatic N) is 1. The molecule has 1 unspecified atom stereocenters. The van der Waals surface area contributed by atoms with E-state index >= 15 is 0 Å². The average molecular weight is 262 g/mol. The molecule has 0 saturated carbocycles. The third-order valence-corrected chi connectivity index (χ3v) is 4.19. The fraction of sp³-hybridized carbons (Fsp3) is 0.625. The van der Waals surface area contributed by atoms with Crippen LogP contribution in [0.25, 0.3) is 0 Å². The van der Waals surface area contributed by atoms with Gasteiger partial charge in [-0.1, -0.05) is 38.5 Å². The number of hydrogen-bond donors (Lipinski definition) is 1. The SMILES string of the molecule is CCC(C)[C@H](c1ccccc1OC)N1CCNCC1. The number of hydrogen-bond acceptors (Lipinski definition) is 3. The molecule has 106 valence electrons. The lowest BCUT2D eigenvalue weighted by atomic mass is 9.90. The van der Waals surface area contributed by atoms with E-state index in [-0.39, 0.29) is 0 Å². The molecule has 0 bridgehead atoms. The molecule has 2 rings (SSSR count). The summed E-state index contributed by atoms with van der Waals surface area (Å²) in [5.41, 5.74) is 1.33. The molecular weight excluding hydrogens is 236 g/mol. The topological polar surface area (TPSA) is 24.5 Å². The summed E-state index contributed by atoms with van der Waals surface area (Å²) in [6.07, 6.45) is 1.19. The highest BCUT2D eigenvalue weighted by atomic mass is 16.5. The smallest absolute Gasteiger partial charge is 0.123 e. The molecule has 1 saturated heterocycles. The average Bonchev–Trinajstić information content (AvgIpc) is 2.49. The maximum Gasteiger partial charge on any atom is 0.123 e. The van der Waals surface area contributed by atoms with Crippen LogP contribution in [0.3, 0.4) is 0 Å². The monoisotopic (exact) mass is 262 g/mol. The van der Waals surface area contributed by atoms with Crippen LogP contribution in [0.15, 0.2) is 24.3 Å². The molecule has 1 heterocycles. The Morgan fingerprint density at radius 2 is 1.95 bits per heavy atom. The summed E-state index contributed by atoms with van der Waals surface area (Å²) in [7, 11) is 1.77. The molecule has 1 aromatic rings. The lowest BCUT2D eigenvalue weighted by Gasteiger charge is -2.39. The summed E-state index contributed by atoms with van der Waals surface area (Å²) < 4.78 is 5.57. The van der Waals surface area contributed by atoms with Gasteiger partial charge < -0.3 is 10.1 Å². The van der Waals surface area contributed by atoms with Gasteiger partial charge in [-0.25, -0.2) is 0 Å². The summed E-state index contributed by atoms with van der Waals surface area (Å²) in [6, 6.07) is 8.93. The molecular formula is C16H26N2O. The zero-order chi connectivity index (χ0) is 13.7. The van der Waals surface area contributed by atoms with Crippen LogP contribution >= 0.6 is 0 Å². The van der Waals surface area contributed by atoms with Gasteiger partial charge in [-0.15, -0.1) is 0 Å². The maximum atomic E-state index is 5.57. The Morgan fingerprint density at radius 1 is 1.26 bits per heavy atom. The van der Waals surface area contributed by atoms with Crippen molar-refractivity contribution in [3.8, 4) is 5.75 Å². The largest absolute Gasteiger partial charge is 0.496 e. The third-order valence-electron chi connectivity index (χ3n) is 4.19. The first-order valence-electron chi connectivity index (χ1n) is 7.35. The van der Waals surface area contributed by atoms with E-state index in [0.717, 1.165) is 31.9 Å². The molecule has 1 N–H and O–H groups in total. The van der Waals surface area contributed by atoms with E-state index < -0.39 is 0 Å². The van der Waals surface area contributed by atoms with E-state index in [9.17, 15) is 0 Å². The lowest BCUT2D eigenvalue weighted by Crippen LogP contribution is -2.46. The van der Waals surface area contributed by atoms with Gasteiger partial charge in [-0.2, -0.15) is 0 Å². The van der Waals surface area contributed by atoms with E-state index in [1.54, 1.807) is 7.11 Å². The summed E-state index contributed by atoms with van der Waals surface area (Å²) in [5, 5.41) is 3.43. The minimum absolute atomic E-state index is 0.461. The highest BCUT2D eigenvalue weighted by Crippen LogP contribution is 2.36. The molecule has 0 aromatic heterocycles. The Balaban J connectivity index is 2.30. The Morgan fingerprint density at radius 3 is 2.58 bits per heavy atom. The van der Waals surface area contributed by atoms with Gasteiger partial charge in [0.15, 0.2) is 0 Å². The Hall–Kier alpha value is -1.06. The van der Waals surface area contributed by atoms with Crippen molar-refractivity contribution in [3.05, 3.63) is 29.8 Å². The number of methoxy groups -OCH3 is 1. The first-order valence-corrected chi connectivity index (χ1v) is 7.35. The van der Waals surface area contributed by atoms with Gasteiger partial charge >= 0.3 is 0 Å². The lowest BCUT2D eigenvalue weighted by molar-refractivity contribution is 0.126. The number of ether oxygens (including phenoxy) is 1. The van der Waals surface area contributed by atoms with Crippen LogP contribution in [0.4, 0.5) is 0 Å². The Kier molecular flexibility index (Phi) is 5.23. The predicted molar refractivity (Wildman–Crippen MR) is 79.6 cm³/mol. The summed E-state index contributed by atoms with van der Waals surface area (Å²) in [5.74, 6) is 1.65. The number of piperazine rings is 1. The maximum absolute atomic E-state index is 5.57. The van der Waals surface area contributed by atoms with Gasteiger partial charge in [0.2, 0.25) is 0 Å². The molecule has 0 radical (unpaired) electrons. The molecule has 1 aromatic carbocycles. The fourth-order valence-electron chi connectivity index (χ4n) is 2.96. The normalized spacial score (nSPS) is 19.9. The summed E-state index contributed by atoms with van der Waals surface area (Å²) >= 11 is 0. The van der Waals surface area contributed by atoms with E-state index in [4.69, 9.17) is 4.74 Å². The van der Waals surface area contributed by atoms with Gasteiger partial charge in [-0.3, -0.25) is 4.90 Å². The quantitative estimate of drug-likeness (QED) is 0.883. The molecule has 2 atom stereocenters. The van der Waals surface area contributed by atoms with Crippen molar-refractivity contribution in [1.29, 1.82) is 0 Å². The van der Waals surface area contributed by atoms with Crippen molar-refractivity contribution in [2.75, 3.05) is 33.3 Å². The molecule has 1 aliphatic heterocycles. The van der Waals surface area contributed by atoms with Crippen LogP contribution in [-0.2, 0) is 0 Å². The zero-order valence-corrected chi connectivity index (χ0v) is 12.4. The third kappa shape index (κ3) is 3.28. The summed E-state index contributed by atoms with van der Waals surface area (Å²) in [6.45, 7) is 9.03. The number of nitrogens with one attached hydrogen (secondary N) is 1. The zero-order valence-electron chi connectivity index (χ0n) is 12.4. The van der Waals surface area contributed by atoms with Crippen molar-refractivity contribution in [2.24, 2.45) is 5.92 Å². The Bertz CT molecular complexity index is 388. The van der Waals surface area contributed by atoms with E-state index in [1.807, 2.05) is 6.07 Å². The van der Waals surface area contributed by atoms with Gasteiger partial charge in [0.25, 0.3) is 0 Å². The predicted octanol–water partition coefficient (Wildman–Crippen LogP) is 2.69. The first-order chi connectivity index (χ1) is 9.27. The highest BCUT2D eigenvalue weighted by molar-refractivity contribution is 5.36. The highest BCUT2D eigenvalue weighted by Gasteiger charge is 2.28. The molecule has 0 spiro atoms. The molecule has 3 nitrogen and oxygen atoms in total. The van der Waals surface area contributed by atoms with Crippen LogP contribution in [0, 0.1) is 5.92 Å². The molecule has 0 amide bonds. The minimum Gasteiger partial charge on any atom is -0.496 e. The Labute approximate surface area is 116 Å². The van der Waals surface area contributed by atoms with Crippen LogP contribution in [0.1, 0.15) is 31.9 Å². The van der Waals surface area contributed by atoms with E-state index in [2.05, 4.69) is 42.3 Å². The number of para-hydroxylation sites is 1. The second-order valence-electron chi connectivity index (χ2n) is 5.36. The van der Waals surface area contributed by atoms with Crippen molar-refractivity contribution in [1.82, 2.24) is 10.2 Å². The van der Waals surface area contributed by atoms with Gasteiger partial charge in [0.1, 0.15) is 5.75 Å². The molecule has 1 aliphatic rings. The van der Waals surface area contributed by atoms with E-state index in [0.29, 0.717) is 12.0 Å². The molecule has 0 aliphatic carbocycles. The van der Waals surface area contributed by atoms with Gasteiger partial charge in [0, 0.05) is 37.8 Å². The van der Waals surface area contributed by atoms with Crippen LogP contribution in [0.2, 0.25) is 0 Å². The number of benzene rings is 1. The molecule has 3 heteroatoms.